The summed E-state index contributed by atoms with van der Waals surface area (Å²) in [4.78, 5) is 23.3. The Morgan fingerprint density at radius 1 is 0.722 bits per heavy atom. The first-order chi connectivity index (χ1) is 16.6. The van der Waals surface area contributed by atoms with Gasteiger partial charge in [0.25, 0.3) is 0 Å². The van der Waals surface area contributed by atoms with Crippen LogP contribution < -0.4 is 19.0 Å². The monoisotopic (exact) mass is 552 g/mol. The highest BCUT2D eigenvalue weighted by atomic mass is 32.3. The van der Waals surface area contributed by atoms with Crippen molar-refractivity contribution in [2.75, 3.05) is 13.1 Å². The van der Waals surface area contributed by atoms with Gasteiger partial charge in [-0.3, -0.25) is 29.3 Å². The Balaban J connectivity index is 2.09. The van der Waals surface area contributed by atoms with E-state index in [0.717, 1.165) is 36.4 Å². The topological polar surface area (TPSA) is 266 Å². The predicted molar refractivity (Wildman–Crippen MR) is 117 cm³/mol. The Morgan fingerprint density at radius 2 is 1.06 bits per heavy atom. The second kappa shape index (κ2) is 11.4. The van der Waals surface area contributed by atoms with Crippen molar-refractivity contribution in [3.8, 4) is 23.0 Å². The van der Waals surface area contributed by atoms with Gasteiger partial charge in [-0.1, -0.05) is 0 Å². The van der Waals surface area contributed by atoms with Gasteiger partial charge in [0.1, 0.15) is 35.1 Å². The van der Waals surface area contributed by atoms with Gasteiger partial charge in [-0.05, 0) is 24.3 Å². The zero-order valence-corrected chi connectivity index (χ0v) is 19.4. The van der Waals surface area contributed by atoms with Crippen LogP contribution in [0.4, 0.5) is 0 Å². The summed E-state index contributed by atoms with van der Waals surface area (Å²) in [6.45, 7) is -0.373. The second-order valence-electron chi connectivity index (χ2n) is 6.91. The Morgan fingerprint density at radius 3 is 1.31 bits per heavy atom. The quantitative estimate of drug-likeness (QED) is 0.116. The molecule has 2 aromatic rings. The lowest BCUT2D eigenvalue weighted by molar-refractivity contribution is -0.141. The second-order valence-corrected chi connectivity index (χ2v) is 8.96. The number of carboxylic acid groups (broad SMARTS) is 2. The van der Waals surface area contributed by atoms with Crippen LogP contribution in [0.15, 0.2) is 36.4 Å². The third-order valence-electron chi connectivity index (χ3n) is 4.34. The summed E-state index contributed by atoms with van der Waals surface area (Å²) < 4.78 is 68.7. The smallest absolute Gasteiger partial charge is 0.446 e. The van der Waals surface area contributed by atoms with E-state index in [1.165, 1.54) is 0 Å². The number of nitrogens with one attached hydrogen (secondary N) is 2. The Bertz CT molecular complexity index is 1240. The Kier molecular flexibility index (Phi) is 9.02. The van der Waals surface area contributed by atoms with Gasteiger partial charge in [-0.25, -0.2) is 0 Å². The molecule has 2 aromatic carbocycles. The molecule has 2 rings (SSSR count). The van der Waals surface area contributed by atoms with Crippen molar-refractivity contribution >= 4 is 32.7 Å². The van der Waals surface area contributed by atoms with E-state index in [-0.39, 0.29) is 24.2 Å². The van der Waals surface area contributed by atoms with Gasteiger partial charge >= 0.3 is 32.7 Å². The summed E-state index contributed by atoms with van der Waals surface area (Å²) in [5, 5.41) is 44.1. The molecule has 0 bridgehead atoms. The first-order valence-corrected chi connectivity index (χ1v) is 12.2. The number of aliphatic carboxylic acids is 2. The fourth-order valence-corrected chi connectivity index (χ4v) is 3.67. The summed E-state index contributed by atoms with van der Waals surface area (Å²) in [7, 11) is -9.75. The number of phenols is 2. The van der Waals surface area contributed by atoms with Crippen molar-refractivity contribution in [3.05, 3.63) is 47.5 Å². The number of carbonyl (C=O) groups is 2. The highest BCUT2D eigenvalue weighted by Crippen LogP contribution is 2.30. The molecule has 0 saturated carbocycles. The molecule has 0 aromatic heterocycles. The number of rotatable bonds is 13. The van der Waals surface area contributed by atoms with Crippen LogP contribution in [0.2, 0.25) is 0 Å². The highest BCUT2D eigenvalue weighted by molar-refractivity contribution is 7.81. The zero-order chi connectivity index (χ0) is 27.3. The van der Waals surface area contributed by atoms with E-state index in [1.54, 1.807) is 0 Å². The maximum atomic E-state index is 11.6. The fraction of sp³-hybridized carbons (Fsp3) is 0.222. The molecule has 18 heteroatoms. The van der Waals surface area contributed by atoms with Gasteiger partial charge in [0.15, 0.2) is 0 Å². The molecule has 0 fully saturated rings. The third kappa shape index (κ3) is 8.52. The van der Waals surface area contributed by atoms with Crippen molar-refractivity contribution in [2.45, 2.75) is 12.1 Å². The molecule has 198 valence electrons. The summed E-state index contributed by atoms with van der Waals surface area (Å²) in [6.07, 6.45) is 0. The standard InChI is InChI=1S/C18H20N2O14S2/c21-13-7-9(33-35(27,28)29)1-3-11(13)15(17(23)24)19-5-6-20-16(18(25)26)12-4-2-10(8-14(12)22)34-36(30,31)32/h1-4,7-8,15-16,19-22H,5-6H2,(H,23,24)(H,25,26)(H,27,28,29)(H,30,31,32). The van der Waals surface area contributed by atoms with Gasteiger partial charge in [-0.15, -0.1) is 0 Å². The molecular formula is C18H20N2O14S2. The molecule has 0 spiro atoms. The molecule has 0 heterocycles. The third-order valence-corrected chi connectivity index (χ3v) is 5.15. The molecule has 0 radical (unpaired) electrons. The lowest BCUT2D eigenvalue weighted by atomic mass is 10.0. The lowest BCUT2D eigenvalue weighted by Crippen LogP contribution is -2.37. The van der Waals surface area contributed by atoms with Crippen molar-refractivity contribution in [1.29, 1.82) is 0 Å². The first-order valence-electron chi connectivity index (χ1n) is 9.49. The number of hydrogen-bond acceptors (Lipinski definition) is 12. The largest absolute Gasteiger partial charge is 0.507 e. The van der Waals surface area contributed by atoms with Crippen LogP contribution in [0.3, 0.4) is 0 Å². The molecule has 2 atom stereocenters. The molecule has 0 aliphatic rings. The van der Waals surface area contributed by atoms with E-state index in [9.17, 15) is 46.9 Å². The van der Waals surface area contributed by atoms with E-state index >= 15 is 0 Å². The molecule has 8 N–H and O–H groups in total. The minimum atomic E-state index is -4.87. The van der Waals surface area contributed by atoms with E-state index in [4.69, 9.17) is 9.11 Å². The molecule has 0 amide bonds. The zero-order valence-electron chi connectivity index (χ0n) is 17.8. The average Bonchev–Trinajstić information content (AvgIpc) is 2.69. The summed E-state index contributed by atoms with van der Waals surface area (Å²) in [6, 6.07) is 2.50. The van der Waals surface area contributed by atoms with E-state index < -0.39 is 67.8 Å². The maximum absolute atomic E-state index is 11.6. The molecule has 0 saturated heterocycles. The first kappa shape index (κ1) is 28.6. The van der Waals surface area contributed by atoms with Crippen molar-refractivity contribution in [2.24, 2.45) is 0 Å². The molecular weight excluding hydrogens is 532 g/mol. The van der Waals surface area contributed by atoms with Gasteiger partial charge in [0.05, 0.1) is 0 Å². The van der Waals surface area contributed by atoms with Crippen LogP contribution in [-0.4, -0.2) is 71.4 Å². The molecule has 36 heavy (non-hydrogen) atoms. The van der Waals surface area contributed by atoms with Crippen LogP contribution in [0, 0.1) is 0 Å². The Hall–Kier alpha value is -3.68. The Labute approximate surface area is 203 Å². The van der Waals surface area contributed by atoms with Crippen molar-refractivity contribution in [3.63, 3.8) is 0 Å². The van der Waals surface area contributed by atoms with E-state index in [2.05, 4.69) is 19.0 Å². The van der Waals surface area contributed by atoms with Crippen LogP contribution in [-0.2, 0) is 30.4 Å². The minimum Gasteiger partial charge on any atom is -0.507 e. The van der Waals surface area contributed by atoms with Gasteiger partial charge in [-0.2, -0.15) is 16.8 Å². The van der Waals surface area contributed by atoms with Crippen LogP contribution in [0.1, 0.15) is 23.2 Å². The van der Waals surface area contributed by atoms with Crippen LogP contribution in [0.25, 0.3) is 0 Å². The molecule has 0 aliphatic heterocycles. The fourth-order valence-electron chi connectivity index (χ4n) is 2.98. The average molecular weight is 552 g/mol. The van der Waals surface area contributed by atoms with Gasteiger partial charge < -0.3 is 28.8 Å². The minimum absolute atomic E-state index is 0.186. The molecule has 0 aliphatic carbocycles. The number of hydrogen-bond donors (Lipinski definition) is 8. The summed E-state index contributed by atoms with van der Waals surface area (Å²) in [5.41, 5.74) is -0.404. The maximum Gasteiger partial charge on any atom is 0.446 e. The van der Waals surface area contributed by atoms with E-state index in [0.29, 0.717) is 0 Å². The SMILES string of the molecule is O=C(O)C(NCCNC(C(=O)O)c1ccc(OS(=O)(=O)O)cc1O)c1ccc(OS(=O)(=O)O)cc1O. The molecule has 2 unspecified atom stereocenters. The van der Waals surface area contributed by atoms with E-state index in [1.807, 2.05) is 0 Å². The number of aromatic hydroxyl groups is 2. The summed E-state index contributed by atoms with van der Waals surface area (Å²) in [5.74, 6) is -5.22. The van der Waals surface area contributed by atoms with Gasteiger partial charge in [0, 0.05) is 36.3 Å². The van der Waals surface area contributed by atoms with Crippen molar-refractivity contribution in [1.82, 2.24) is 10.6 Å². The van der Waals surface area contributed by atoms with Crippen LogP contribution in [0.5, 0.6) is 23.0 Å². The lowest BCUT2D eigenvalue weighted by Gasteiger charge is -2.19. The number of carboxylic acids is 2. The summed E-state index contributed by atoms with van der Waals surface area (Å²) >= 11 is 0. The van der Waals surface area contributed by atoms with Crippen molar-refractivity contribution < 1.29 is 64.3 Å². The number of phenolic OH excluding ortho intramolecular Hbond substituents is 2. The number of benzene rings is 2. The predicted octanol–water partition coefficient (Wildman–Crippen LogP) is -0.408. The normalized spacial score (nSPS) is 13.5. The highest BCUT2D eigenvalue weighted by Gasteiger charge is 2.26. The van der Waals surface area contributed by atoms with Crippen LogP contribution >= 0.6 is 0 Å². The molecule has 16 nitrogen and oxygen atoms in total. The van der Waals surface area contributed by atoms with Gasteiger partial charge in [0.2, 0.25) is 0 Å².